The molecule has 0 bridgehead atoms. The number of furan rings is 1. The van der Waals surface area contributed by atoms with Crippen molar-refractivity contribution in [1.29, 1.82) is 0 Å². The highest BCUT2D eigenvalue weighted by molar-refractivity contribution is 7.80. The SMILES string of the molecule is COCCCN1C(=S)N[C@@H](c2ccccn2)[C@H]1c1ccc(-c2cc(Cl)ccc2C)o1. The van der Waals surface area contributed by atoms with Crippen LogP contribution < -0.4 is 5.32 Å². The van der Waals surface area contributed by atoms with Crippen LogP contribution in [0.1, 0.15) is 35.5 Å². The van der Waals surface area contributed by atoms with Crippen LogP contribution in [0.2, 0.25) is 5.02 Å². The Hall–Kier alpha value is -2.41. The molecule has 1 aliphatic heterocycles. The van der Waals surface area contributed by atoms with Gasteiger partial charge in [-0.15, -0.1) is 0 Å². The zero-order valence-electron chi connectivity index (χ0n) is 17.0. The summed E-state index contributed by atoms with van der Waals surface area (Å²) in [5.74, 6) is 1.63. The van der Waals surface area contributed by atoms with Gasteiger partial charge in [-0.1, -0.05) is 23.7 Å². The molecule has 2 aromatic heterocycles. The molecular formula is C23H24ClN3O2S. The Morgan fingerprint density at radius 2 is 2.10 bits per heavy atom. The second-order valence-corrected chi connectivity index (χ2v) is 8.15. The maximum atomic E-state index is 6.37. The number of pyridine rings is 1. The zero-order valence-corrected chi connectivity index (χ0v) is 18.5. The minimum absolute atomic E-state index is 0.0966. The van der Waals surface area contributed by atoms with Gasteiger partial charge in [-0.05, 0) is 67.5 Å². The second-order valence-electron chi connectivity index (χ2n) is 7.33. The van der Waals surface area contributed by atoms with Crippen molar-refractivity contribution in [1.82, 2.24) is 15.2 Å². The van der Waals surface area contributed by atoms with E-state index < -0.39 is 0 Å². The zero-order chi connectivity index (χ0) is 21.1. The van der Waals surface area contributed by atoms with Crippen LogP contribution >= 0.6 is 23.8 Å². The molecule has 1 fully saturated rings. The number of nitrogens with one attached hydrogen (secondary N) is 1. The quantitative estimate of drug-likeness (QED) is 0.396. The lowest BCUT2D eigenvalue weighted by atomic mass is 10.0. The molecule has 4 rings (SSSR count). The molecule has 0 amide bonds. The first-order chi connectivity index (χ1) is 14.6. The first kappa shape index (κ1) is 20.8. The highest BCUT2D eigenvalue weighted by atomic mass is 35.5. The molecule has 0 aliphatic carbocycles. The molecule has 3 heterocycles. The van der Waals surface area contributed by atoms with Gasteiger partial charge in [0.1, 0.15) is 17.6 Å². The van der Waals surface area contributed by atoms with E-state index in [4.69, 9.17) is 33.0 Å². The first-order valence-corrected chi connectivity index (χ1v) is 10.7. The van der Waals surface area contributed by atoms with Gasteiger partial charge < -0.3 is 19.4 Å². The van der Waals surface area contributed by atoms with Crippen LogP contribution in [0, 0.1) is 6.92 Å². The van der Waals surface area contributed by atoms with Crippen LogP contribution in [-0.2, 0) is 4.74 Å². The average molecular weight is 442 g/mol. The van der Waals surface area contributed by atoms with Crippen LogP contribution in [-0.4, -0.2) is 35.3 Å². The number of hydrogen-bond donors (Lipinski definition) is 1. The van der Waals surface area contributed by atoms with Crippen molar-refractivity contribution in [3.8, 4) is 11.3 Å². The minimum Gasteiger partial charge on any atom is -0.459 e. The van der Waals surface area contributed by atoms with Gasteiger partial charge in [-0.25, -0.2) is 0 Å². The monoisotopic (exact) mass is 441 g/mol. The van der Waals surface area contributed by atoms with E-state index in [1.165, 1.54) is 0 Å². The summed E-state index contributed by atoms with van der Waals surface area (Å²) in [6.07, 6.45) is 2.67. The summed E-state index contributed by atoms with van der Waals surface area (Å²) >= 11 is 11.9. The van der Waals surface area contributed by atoms with Gasteiger partial charge in [-0.2, -0.15) is 0 Å². The van der Waals surface area contributed by atoms with Crippen molar-refractivity contribution in [2.75, 3.05) is 20.3 Å². The Kier molecular flexibility index (Phi) is 6.37. The lowest BCUT2D eigenvalue weighted by Gasteiger charge is -2.26. The summed E-state index contributed by atoms with van der Waals surface area (Å²) in [5, 5.41) is 4.82. The molecule has 5 nitrogen and oxygen atoms in total. The van der Waals surface area contributed by atoms with E-state index in [1.54, 1.807) is 13.3 Å². The van der Waals surface area contributed by atoms with E-state index in [-0.39, 0.29) is 12.1 Å². The number of thiocarbonyl (C=S) groups is 1. The largest absolute Gasteiger partial charge is 0.459 e. The molecule has 7 heteroatoms. The molecule has 1 N–H and O–H groups in total. The fraction of sp³-hybridized carbons (Fsp3) is 0.304. The third-order valence-electron chi connectivity index (χ3n) is 5.33. The number of methoxy groups -OCH3 is 1. The molecule has 3 aromatic rings. The van der Waals surface area contributed by atoms with Crippen molar-refractivity contribution < 1.29 is 9.15 Å². The summed E-state index contributed by atoms with van der Waals surface area (Å²) < 4.78 is 11.6. The predicted octanol–water partition coefficient (Wildman–Crippen LogP) is 5.31. The molecule has 0 unspecified atom stereocenters. The Bertz CT molecular complexity index is 1020. The van der Waals surface area contributed by atoms with Gasteiger partial charge in [0.25, 0.3) is 0 Å². The maximum Gasteiger partial charge on any atom is 0.170 e. The molecule has 0 spiro atoms. The third-order valence-corrected chi connectivity index (χ3v) is 5.92. The van der Waals surface area contributed by atoms with Gasteiger partial charge in [0.05, 0.1) is 11.7 Å². The summed E-state index contributed by atoms with van der Waals surface area (Å²) in [5.41, 5.74) is 3.03. The molecule has 156 valence electrons. The number of benzene rings is 1. The number of ether oxygens (including phenoxy) is 1. The van der Waals surface area contributed by atoms with Gasteiger partial charge in [0.15, 0.2) is 5.11 Å². The number of hydrogen-bond acceptors (Lipinski definition) is 4. The number of aromatic nitrogens is 1. The molecule has 1 aliphatic rings. The molecule has 1 saturated heterocycles. The fourth-order valence-corrected chi connectivity index (χ4v) is 4.35. The Balaban J connectivity index is 1.71. The second kappa shape index (κ2) is 9.16. The number of rotatable bonds is 7. The lowest BCUT2D eigenvalue weighted by Crippen LogP contribution is -2.31. The summed E-state index contributed by atoms with van der Waals surface area (Å²) in [7, 11) is 1.71. The molecule has 0 saturated carbocycles. The van der Waals surface area contributed by atoms with E-state index in [0.717, 1.165) is 41.3 Å². The van der Waals surface area contributed by atoms with Gasteiger partial charge >= 0.3 is 0 Å². The molecule has 0 radical (unpaired) electrons. The molecule has 1 aromatic carbocycles. The van der Waals surface area contributed by atoms with Crippen LogP contribution in [0.15, 0.2) is 59.1 Å². The summed E-state index contributed by atoms with van der Waals surface area (Å²) in [4.78, 5) is 6.73. The highest BCUT2D eigenvalue weighted by Crippen LogP contribution is 2.41. The van der Waals surface area contributed by atoms with Crippen LogP contribution in [0.4, 0.5) is 0 Å². The van der Waals surface area contributed by atoms with E-state index in [2.05, 4.69) is 15.2 Å². The average Bonchev–Trinajstić information content (AvgIpc) is 3.35. The Morgan fingerprint density at radius 1 is 1.23 bits per heavy atom. The number of halogens is 1. The standard InChI is InChI=1S/C23H24ClN3O2S/c1-15-7-8-16(24)14-17(15)19-9-10-20(29-19)22-21(18-6-3-4-11-25-18)26-23(30)27(22)12-5-13-28-2/h3-4,6-11,14,21-22H,5,12-13H2,1-2H3,(H,26,30)/t21-,22+/m0/s1. The van der Waals surface area contributed by atoms with E-state index >= 15 is 0 Å². The van der Waals surface area contributed by atoms with Crippen molar-refractivity contribution >= 4 is 28.9 Å². The van der Waals surface area contributed by atoms with Gasteiger partial charge in [0, 0.05) is 37.0 Å². The first-order valence-electron chi connectivity index (χ1n) is 9.91. The predicted molar refractivity (Wildman–Crippen MR) is 123 cm³/mol. The molecule has 2 atom stereocenters. The van der Waals surface area contributed by atoms with Crippen LogP contribution in [0.5, 0.6) is 0 Å². The van der Waals surface area contributed by atoms with Crippen molar-refractivity contribution in [3.63, 3.8) is 0 Å². The van der Waals surface area contributed by atoms with Crippen molar-refractivity contribution in [2.45, 2.75) is 25.4 Å². The summed E-state index contributed by atoms with van der Waals surface area (Å²) in [6, 6.07) is 15.6. The van der Waals surface area contributed by atoms with E-state index in [0.29, 0.717) is 16.7 Å². The normalized spacial score (nSPS) is 18.6. The smallest absolute Gasteiger partial charge is 0.170 e. The Labute approximate surface area is 187 Å². The molecular weight excluding hydrogens is 418 g/mol. The fourth-order valence-electron chi connectivity index (χ4n) is 3.85. The number of nitrogens with zero attached hydrogens (tertiary/aromatic N) is 2. The third kappa shape index (κ3) is 4.21. The Morgan fingerprint density at radius 3 is 2.87 bits per heavy atom. The maximum absolute atomic E-state index is 6.37. The van der Waals surface area contributed by atoms with Crippen LogP contribution in [0.3, 0.4) is 0 Å². The highest BCUT2D eigenvalue weighted by Gasteiger charge is 2.41. The minimum atomic E-state index is -0.0995. The molecule has 30 heavy (non-hydrogen) atoms. The lowest BCUT2D eigenvalue weighted by molar-refractivity contribution is 0.177. The topological polar surface area (TPSA) is 50.5 Å². The number of aryl methyl sites for hydroxylation is 1. The van der Waals surface area contributed by atoms with Crippen molar-refractivity contribution in [3.05, 3.63) is 76.8 Å². The van der Waals surface area contributed by atoms with Gasteiger partial charge in [0.2, 0.25) is 0 Å². The van der Waals surface area contributed by atoms with Crippen LogP contribution in [0.25, 0.3) is 11.3 Å². The van der Waals surface area contributed by atoms with Gasteiger partial charge in [-0.3, -0.25) is 4.98 Å². The van der Waals surface area contributed by atoms with E-state index in [1.807, 2.05) is 55.5 Å². The van der Waals surface area contributed by atoms with Crippen molar-refractivity contribution in [2.24, 2.45) is 0 Å². The van der Waals surface area contributed by atoms with E-state index in [9.17, 15) is 0 Å². The summed E-state index contributed by atoms with van der Waals surface area (Å²) in [6.45, 7) is 3.49.